The third-order valence-corrected chi connectivity index (χ3v) is 5.18. The number of aryl methyl sites for hydroxylation is 1. The quantitative estimate of drug-likeness (QED) is 0.856. The van der Waals surface area contributed by atoms with E-state index in [9.17, 15) is 23.1 Å². The maximum Gasteiger partial charge on any atom is 0.439 e. The van der Waals surface area contributed by atoms with Gasteiger partial charge in [0.25, 0.3) is 11.6 Å². The molecule has 0 radical (unpaired) electrons. The molecule has 0 bridgehead atoms. The molecule has 1 aromatic rings. The zero-order valence-electron chi connectivity index (χ0n) is 14.0. The van der Waals surface area contributed by atoms with E-state index in [0.717, 1.165) is 0 Å². The van der Waals surface area contributed by atoms with Gasteiger partial charge < -0.3 is 9.84 Å². The van der Waals surface area contributed by atoms with E-state index in [4.69, 9.17) is 16.3 Å². The van der Waals surface area contributed by atoms with Gasteiger partial charge in [-0.15, -0.1) is 0 Å². The number of benzene rings is 1. The van der Waals surface area contributed by atoms with Crippen molar-refractivity contribution in [1.29, 1.82) is 0 Å². The van der Waals surface area contributed by atoms with Crippen molar-refractivity contribution >= 4 is 23.2 Å². The molecular weight excluding hydrogens is 373 g/mol. The molecule has 1 N–H and O–H groups in total. The number of ether oxygens (including phenoxy) is 1. The van der Waals surface area contributed by atoms with Crippen LogP contribution in [0, 0.1) is 12.8 Å². The first-order chi connectivity index (χ1) is 12.1. The molecular formula is C17H18ClF3N2O3. The summed E-state index contributed by atoms with van der Waals surface area (Å²) in [6.45, 7) is 1.06. The molecule has 26 heavy (non-hydrogen) atoms. The third-order valence-electron chi connectivity index (χ3n) is 4.76. The van der Waals surface area contributed by atoms with E-state index in [1.807, 2.05) is 0 Å². The van der Waals surface area contributed by atoms with Crippen molar-refractivity contribution in [2.45, 2.75) is 44.5 Å². The van der Waals surface area contributed by atoms with Crippen LogP contribution < -0.4 is 4.74 Å². The van der Waals surface area contributed by atoms with Crippen LogP contribution >= 0.6 is 11.6 Å². The lowest BCUT2D eigenvalue weighted by Crippen LogP contribution is -2.62. The Morgan fingerprint density at radius 1 is 1.46 bits per heavy atom. The highest BCUT2D eigenvalue weighted by molar-refractivity contribution is 6.31. The van der Waals surface area contributed by atoms with Crippen LogP contribution in [0.5, 0.6) is 5.75 Å². The van der Waals surface area contributed by atoms with Crippen LogP contribution in [0.25, 0.3) is 0 Å². The minimum Gasteiger partial charge on any atom is -0.484 e. The van der Waals surface area contributed by atoms with Gasteiger partial charge in [0.15, 0.2) is 6.61 Å². The van der Waals surface area contributed by atoms with Crippen LogP contribution in [0.1, 0.15) is 31.2 Å². The average molecular weight is 391 g/mol. The van der Waals surface area contributed by atoms with Gasteiger partial charge in [-0.2, -0.15) is 23.3 Å². The Kier molecular flexibility index (Phi) is 4.92. The van der Waals surface area contributed by atoms with Crippen LogP contribution in [0.15, 0.2) is 23.3 Å². The number of hydrazone groups is 1. The first-order valence-corrected chi connectivity index (χ1v) is 8.61. The number of aliphatic hydroxyl groups is 1. The van der Waals surface area contributed by atoms with Crippen molar-refractivity contribution < 1.29 is 27.8 Å². The van der Waals surface area contributed by atoms with Gasteiger partial charge in [-0.05, 0) is 49.9 Å². The number of halogens is 4. The molecule has 9 heteroatoms. The molecule has 1 aliphatic carbocycles. The van der Waals surface area contributed by atoms with Crippen molar-refractivity contribution in [3.8, 4) is 5.75 Å². The average Bonchev–Trinajstić information content (AvgIpc) is 2.90. The van der Waals surface area contributed by atoms with Crippen molar-refractivity contribution in [3.63, 3.8) is 0 Å². The van der Waals surface area contributed by atoms with Gasteiger partial charge in [-0.1, -0.05) is 18.0 Å². The highest BCUT2D eigenvalue weighted by Gasteiger charge is 2.68. The van der Waals surface area contributed by atoms with Gasteiger partial charge in [0.2, 0.25) is 0 Å². The van der Waals surface area contributed by atoms with Crippen molar-refractivity contribution in [2.24, 2.45) is 11.0 Å². The standard InChI is InChI=1S/C17H18ClF3N2O3/c1-10-8-11(6-7-13(10)18)26-9-15(24)23-16(25,17(19,20)21)12-4-2-3-5-14(12)22-23/h6-8,12,25H,2-5,9H2,1H3. The Balaban J connectivity index is 1.80. The Morgan fingerprint density at radius 3 is 2.85 bits per heavy atom. The first-order valence-electron chi connectivity index (χ1n) is 8.23. The lowest BCUT2D eigenvalue weighted by Gasteiger charge is -2.38. The molecule has 1 heterocycles. The molecule has 1 fully saturated rings. The van der Waals surface area contributed by atoms with Gasteiger partial charge in [0.05, 0.1) is 5.92 Å². The predicted molar refractivity (Wildman–Crippen MR) is 88.9 cm³/mol. The molecule has 5 nitrogen and oxygen atoms in total. The Labute approximate surface area is 153 Å². The van der Waals surface area contributed by atoms with E-state index in [2.05, 4.69) is 5.10 Å². The maximum absolute atomic E-state index is 13.6. The second-order valence-electron chi connectivity index (χ2n) is 6.52. The molecule has 3 rings (SSSR count). The second-order valence-corrected chi connectivity index (χ2v) is 6.93. The van der Waals surface area contributed by atoms with E-state index in [0.29, 0.717) is 35.6 Å². The maximum atomic E-state index is 13.6. The summed E-state index contributed by atoms with van der Waals surface area (Å²) in [4.78, 5) is 12.4. The highest BCUT2D eigenvalue weighted by Crippen LogP contribution is 2.48. The number of carbonyl (C=O) groups excluding carboxylic acids is 1. The normalized spacial score (nSPS) is 25.7. The van der Waals surface area contributed by atoms with Gasteiger partial charge in [-0.25, -0.2) is 0 Å². The summed E-state index contributed by atoms with van der Waals surface area (Å²) in [5.41, 5.74) is -2.40. The summed E-state index contributed by atoms with van der Waals surface area (Å²) >= 11 is 5.90. The number of nitrogens with zero attached hydrogens (tertiary/aromatic N) is 2. The number of hydrogen-bond donors (Lipinski definition) is 1. The van der Waals surface area contributed by atoms with E-state index >= 15 is 0 Å². The molecule has 0 saturated heterocycles. The lowest BCUT2D eigenvalue weighted by molar-refractivity contribution is -0.317. The monoisotopic (exact) mass is 390 g/mol. The molecule has 0 spiro atoms. The van der Waals surface area contributed by atoms with Crippen LogP contribution in [0.3, 0.4) is 0 Å². The fourth-order valence-corrected chi connectivity index (χ4v) is 3.50. The van der Waals surface area contributed by atoms with Gasteiger partial charge in [0, 0.05) is 10.7 Å². The zero-order chi connectivity index (χ0) is 19.1. The predicted octanol–water partition coefficient (Wildman–Crippen LogP) is 3.67. The van der Waals surface area contributed by atoms with Gasteiger partial charge >= 0.3 is 6.18 Å². The molecule has 142 valence electrons. The first kappa shape index (κ1) is 19.0. The number of fused-ring (bicyclic) bond motifs is 1. The summed E-state index contributed by atoms with van der Waals surface area (Å²) in [5, 5.41) is 14.9. The number of carbonyl (C=O) groups is 1. The lowest BCUT2D eigenvalue weighted by atomic mass is 9.80. The smallest absolute Gasteiger partial charge is 0.439 e. The van der Waals surface area contributed by atoms with Gasteiger partial charge in [0.1, 0.15) is 5.75 Å². The summed E-state index contributed by atoms with van der Waals surface area (Å²) in [7, 11) is 0. The molecule has 2 atom stereocenters. The molecule has 2 unspecified atom stereocenters. The topological polar surface area (TPSA) is 62.1 Å². The van der Waals surface area contributed by atoms with Crippen LogP contribution in [0.4, 0.5) is 13.2 Å². The number of rotatable bonds is 3. The summed E-state index contributed by atoms with van der Waals surface area (Å²) < 4.78 is 46.1. The van der Waals surface area contributed by atoms with Crippen LogP contribution in [-0.2, 0) is 4.79 Å². The minimum absolute atomic E-state index is 0.135. The largest absolute Gasteiger partial charge is 0.484 e. The van der Waals surface area contributed by atoms with Crippen molar-refractivity contribution in [2.75, 3.05) is 6.61 Å². The molecule has 2 aliphatic rings. The summed E-state index contributed by atoms with van der Waals surface area (Å²) in [6, 6.07) is 4.64. The fraction of sp³-hybridized carbons (Fsp3) is 0.529. The Hall–Kier alpha value is -1.80. The van der Waals surface area contributed by atoms with Gasteiger partial charge in [-0.3, -0.25) is 4.79 Å². The summed E-state index contributed by atoms with van der Waals surface area (Å²) in [6.07, 6.45) is -3.32. The Morgan fingerprint density at radius 2 is 2.19 bits per heavy atom. The third kappa shape index (κ3) is 3.16. The molecule has 1 amide bonds. The second kappa shape index (κ2) is 6.74. The van der Waals surface area contributed by atoms with Crippen LogP contribution in [0.2, 0.25) is 5.02 Å². The van der Waals surface area contributed by atoms with E-state index in [1.54, 1.807) is 19.1 Å². The molecule has 1 saturated carbocycles. The molecule has 0 aromatic heterocycles. The minimum atomic E-state index is -5.02. The summed E-state index contributed by atoms with van der Waals surface area (Å²) in [5.74, 6) is -1.99. The van der Waals surface area contributed by atoms with E-state index in [-0.39, 0.29) is 17.1 Å². The van der Waals surface area contributed by atoms with E-state index < -0.39 is 30.3 Å². The molecule has 1 aliphatic heterocycles. The zero-order valence-corrected chi connectivity index (χ0v) is 14.8. The Bertz CT molecular complexity index is 753. The number of alkyl halides is 3. The van der Waals surface area contributed by atoms with E-state index in [1.165, 1.54) is 6.07 Å². The SMILES string of the molecule is Cc1cc(OCC(=O)N2N=C3CCCCC3C2(O)C(F)(F)F)ccc1Cl. The molecule has 1 aromatic carbocycles. The number of hydrogen-bond acceptors (Lipinski definition) is 4. The van der Waals surface area contributed by atoms with Crippen molar-refractivity contribution in [3.05, 3.63) is 28.8 Å². The number of amides is 1. The van der Waals surface area contributed by atoms with Crippen LogP contribution in [-0.4, -0.2) is 40.2 Å². The highest BCUT2D eigenvalue weighted by atomic mass is 35.5. The fourth-order valence-electron chi connectivity index (χ4n) is 3.38. The van der Waals surface area contributed by atoms with Crippen molar-refractivity contribution in [1.82, 2.24) is 5.01 Å².